The van der Waals surface area contributed by atoms with Gasteiger partial charge in [0, 0.05) is 0 Å². The van der Waals surface area contributed by atoms with E-state index in [0.29, 0.717) is 16.5 Å². The van der Waals surface area contributed by atoms with E-state index in [0.717, 1.165) is 15.8 Å². The predicted molar refractivity (Wildman–Crippen MR) is 101 cm³/mol. The van der Waals surface area contributed by atoms with Crippen LogP contribution in [0.2, 0.25) is 0 Å². The molecule has 132 valence electrons. The van der Waals surface area contributed by atoms with Crippen molar-refractivity contribution >= 4 is 16.9 Å². The molecule has 0 bridgehead atoms. The first-order valence-corrected chi connectivity index (χ1v) is 8.38. The Labute approximate surface area is 154 Å². The molecule has 4 rings (SSSR count). The molecule has 0 radical (unpaired) electrons. The van der Waals surface area contributed by atoms with Crippen LogP contribution in [0.1, 0.15) is 10.4 Å². The van der Waals surface area contributed by atoms with E-state index in [1.54, 1.807) is 36.4 Å². The zero-order valence-electron chi connectivity index (χ0n) is 14.3. The normalized spacial score (nSPS) is 10.7. The van der Waals surface area contributed by atoms with Gasteiger partial charge in [0.1, 0.15) is 5.52 Å². The SMILES string of the molecule is O=C(OCn1nnc2ccccc2c1=O)c1ccccc1-c1ccccc1. The smallest absolute Gasteiger partial charge is 0.340 e. The highest BCUT2D eigenvalue weighted by Gasteiger charge is 2.14. The van der Waals surface area contributed by atoms with E-state index in [2.05, 4.69) is 10.3 Å². The lowest BCUT2D eigenvalue weighted by atomic mass is 10.00. The Hall–Kier alpha value is -3.80. The Morgan fingerprint density at radius 2 is 1.59 bits per heavy atom. The van der Waals surface area contributed by atoms with Crippen molar-refractivity contribution in [2.24, 2.45) is 0 Å². The minimum Gasteiger partial charge on any atom is -0.439 e. The number of ether oxygens (including phenoxy) is 1. The van der Waals surface area contributed by atoms with Gasteiger partial charge in [-0.15, -0.1) is 5.10 Å². The van der Waals surface area contributed by atoms with E-state index in [-0.39, 0.29) is 12.3 Å². The molecule has 0 fully saturated rings. The molecule has 0 atom stereocenters. The predicted octanol–water partition coefficient (Wildman–Crippen LogP) is 3.27. The van der Waals surface area contributed by atoms with Gasteiger partial charge in [0.2, 0.25) is 0 Å². The van der Waals surface area contributed by atoms with Gasteiger partial charge in [-0.05, 0) is 29.3 Å². The first-order chi connectivity index (χ1) is 13.2. The Morgan fingerprint density at radius 3 is 2.44 bits per heavy atom. The summed E-state index contributed by atoms with van der Waals surface area (Å²) in [4.78, 5) is 25.0. The van der Waals surface area contributed by atoms with Crippen molar-refractivity contribution < 1.29 is 9.53 Å². The van der Waals surface area contributed by atoms with Crippen LogP contribution in [0.25, 0.3) is 22.0 Å². The molecule has 0 saturated heterocycles. The van der Waals surface area contributed by atoms with E-state index < -0.39 is 5.97 Å². The van der Waals surface area contributed by atoms with Crippen molar-refractivity contribution in [1.29, 1.82) is 0 Å². The molecule has 1 heterocycles. The first-order valence-electron chi connectivity index (χ1n) is 8.38. The van der Waals surface area contributed by atoms with Crippen molar-refractivity contribution in [3.05, 3.63) is 94.8 Å². The minimum absolute atomic E-state index is 0.307. The van der Waals surface area contributed by atoms with Crippen molar-refractivity contribution in [3.8, 4) is 11.1 Å². The Balaban J connectivity index is 1.60. The molecule has 0 spiro atoms. The Kier molecular flexibility index (Phi) is 4.45. The lowest BCUT2D eigenvalue weighted by molar-refractivity contribution is 0.0337. The fourth-order valence-electron chi connectivity index (χ4n) is 2.84. The number of hydrogen-bond acceptors (Lipinski definition) is 5. The zero-order chi connectivity index (χ0) is 18.6. The second-order valence-electron chi connectivity index (χ2n) is 5.88. The van der Waals surface area contributed by atoms with E-state index in [1.165, 1.54) is 0 Å². The molecule has 1 aromatic heterocycles. The average Bonchev–Trinajstić information content (AvgIpc) is 2.74. The largest absolute Gasteiger partial charge is 0.439 e. The third kappa shape index (κ3) is 3.32. The second kappa shape index (κ2) is 7.21. The van der Waals surface area contributed by atoms with Crippen LogP contribution in [-0.2, 0) is 11.5 Å². The highest BCUT2D eigenvalue weighted by atomic mass is 16.5. The monoisotopic (exact) mass is 357 g/mol. The van der Waals surface area contributed by atoms with Crippen LogP contribution in [-0.4, -0.2) is 21.0 Å². The molecule has 0 unspecified atom stereocenters. The maximum Gasteiger partial charge on any atom is 0.340 e. The summed E-state index contributed by atoms with van der Waals surface area (Å²) in [6.45, 7) is -0.307. The molecule has 6 heteroatoms. The van der Waals surface area contributed by atoms with Gasteiger partial charge in [-0.1, -0.05) is 65.9 Å². The summed E-state index contributed by atoms with van der Waals surface area (Å²) in [7, 11) is 0. The third-order valence-corrected chi connectivity index (χ3v) is 4.18. The maximum absolute atomic E-state index is 12.6. The van der Waals surface area contributed by atoms with Gasteiger partial charge in [0.05, 0.1) is 10.9 Å². The van der Waals surface area contributed by atoms with Gasteiger partial charge in [-0.3, -0.25) is 4.79 Å². The number of nitrogens with zero attached hydrogens (tertiary/aromatic N) is 3. The van der Waals surface area contributed by atoms with Crippen molar-refractivity contribution in [2.45, 2.75) is 6.73 Å². The van der Waals surface area contributed by atoms with Crippen LogP contribution in [0.4, 0.5) is 0 Å². The van der Waals surface area contributed by atoms with Gasteiger partial charge in [-0.2, -0.15) is 4.68 Å². The van der Waals surface area contributed by atoms with E-state index in [9.17, 15) is 9.59 Å². The molecule has 0 aliphatic rings. The highest BCUT2D eigenvalue weighted by Crippen LogP contribution is 2.24. The number of fused-ring (bicyclic) bond motifs is 1. The van der Waals surface area contributed by atoms with E-state index >= 15 is 0 Å². The molecule has 4 aromatic rings. The average molecular weight is 357 g/mol. The molecule has 0 amide bonds. The van der Waals surface area contributed by atoms with Crippen LogP contribution in [0.3, 0.4) is 0 Å². The molecular weight excluding hydrogens is 342 g/mol. The number of benzene rings is 3. The number of rotatable bonds is 4. The second-order valence-corrected chi connectivity index (χ2v) is 5.88. The summed E-state index contributed by atoms with van der Waals surface area (Å²) >= 11 is 0. The summed E-state index contributed by atoms with van der Waals surface area (Å²) in [5, 5.41) is 8.23. The van der Waals surface area contributed by atoms with Gasteiger partial charge < -0.3 is 4.74 Å². The lowest BCUT2D eigenvalue weighted by Gasteiger charge is -2.10. The number of carbonyl (C=O) groups excluding carboxylic acids is 1. The quantitative estimate of drug-likeness (QED) is 0.524. The lowest BCUT2D eigenvalue weighted by Crippen LogP contribution is -2.26. The number of hydrogen-bond donors (Lipinski definition) is 0. The fourth-order valence-corrected chi connectivity index (χ4v) is 2.84. The van der Waals surface area contributed by atoms with Crippen molar-refractivity contribution in [2.75, 3.05) is 0 Å². The van der Waals surface area contributed by atoms with Crippen LogP contribution in [0, 0.1) is 0 Å². The number of carbonyl (C=O) groups is 1. The zero-order valence-corrected chi connectivity index (χ0v) is 14.3. The van der Waals surface area contributed by atoms with Crippen molar-refractivity contribution in [1.82, 2.24) is 15.0 Å². The van der Waals surface area contributed by atoms with Crippen LogP contribution >= 0.6 is 0 Å². The van der Waals surface area contributed by atoms with Crippen LogP contribution in [0.5, 0.6) is 0 Å². The number of esters is 1. The van der Waals surface area contributed by atoms with Gasteiger partial charge in [-0.25, -0.2) is 4.79 Å². The Morgan fingerprint density at radius 1 is 0.889 bits per heavy atom. The molecule has 0 saturated carbocycles. The summed E-state index contributed by atoms with van der Waals surface area (Å²) in [6.07, 6.45) is 0. The third-order valence-electron chi connectivity index (χ3n) is 4.18. The van der Waals surface area contributed by atoms with Gasteiger partial charge >= 0.3 is 5.97 Å². The summed E-state index contributed by atoms with van der Waals surface area (Å²) in [5.74, 6) is -0.531. The van der Waals surface area contributed by atoms with Crippen LogP contribution < -0.4 is 5.56 Å². The summed E-state index contributed by atoms with van der Waals surface area (Å²) in [6, 6.07) is 23.6. The topological polar surface area (TPSA) is 74.1 Å². The summed E-state index contributed by atoms with van der Waals surface area (Å²) < 4.78 is 6.36. The summed E-state index contributed by atoms with van der Waals surface area (Å²) in [5.41, 5.74) is 2.24. The van der Waals surface area contributed by atoms with Gasteiger partial charge in [0.15, 0.2) is 6.73 Å². The standard InChI is InChI=1S/C21H15N3O3/c25-20-18-12-6-7-13-19(18)22-23-24(20)14-27-21(26)17-11-5-4-10-16(17)15-8-2-1-3-9-15/h1-13H,14H2. The van der Waals surface area contributed by atoms with Gasteiger partial charge in [0.25, 0.3) is 5.56 Å². The van der Waals surface area contributed by atoms with Crippen LogP contribution in [0.15, 0.2) is 83.7 Å². The molecule has 27 heavy (non-hydrogen) atoms. The number of aromatic nitrogens is 3. The fraction of sp³-hybridized carbons (Fsp3) is 0.0476. The molecule has 0 aliphatic heterocycles. The highest BCUT2D eigenvalue weighted by molar-refractivity contribution is 5.97. The Bertz CT molecular complexity index is 1170. The molecule has 3 aromatic carbocycles. The molecular formula is C21H15N3O3. The van der Waals surface area contributed by atoms with E-state index in [1.807, 2.05) is 42.5 Å². The van der Waals surface area contributed by atoms with E-state index in [4.69, 9.17) is 4.74 Å². The molecule has 0 N–H and O–H groups in total. The maximum atomic E-state index is 12.6. The van der Waals surface area contributed by atoms with Crippen molar-refractivity contribution in [3.63, 3.8) is 0 Å². The first kappa shape index (κ1) is 16.7. The minimum atomic E-state index is -0.531. The molecule has 6 nitrogen and oxygen atoms in total. The molecule has 0 aliphatic carbocycles.